The molecule has 0 spiro atoms. The molecular weight excluding hydrogens is 747 g/mol. The molecule has 6 aromatic carbocycles. The summed E-state index contributed by atoms with van der Waals surface area (Å²) >= 11 is 3.51. The monoisotopic (exact) mass is 789 g/mol. The molecule has 0 N–H and O–H groups in total. The van der Waals surface area contributed by atoms with Crippen molar-refractivity contribution in [3.8, 4) is 44.3 Å². The number of aromatic nitrogens is 1. The van der Waals surface area contributed by atoms with Gasteiger partial charge in [-0.25, -0.2) is 0 Å². The lowest BCUT2D eigenvalue weighted by atomic mass is 9.86. The van der Waals surface area contributed by atoms with Crippen molar-refractivity contribution in [2.75, 3.05) is 16.5 Å². The van der Waals surface area contributed by atoms with Gasteiger partial charge >= 0.3 is 0 Å². The Morgan fingerprint density at radius 2 is 1.31 bits per heavy atom. The van der Waals surface area contributed by atoms with Crippen molar-refractivity contribution < 1.29 is 4.74 Å². The van der Waals surface area contributed by atoms with Crippen molar-refractivity contribution in [1.82, 2.24) is 4.98 Å². The number of para-hydroxylation sites is 1. The maximum absolute atomic E-state index is 6.83. The molecule has 0 saturated heterocycles. The highest BCUT2D eigenvalue weighted by atomic mass is 32.1. The molecule has 4 nitrogen and oxygen atoms in total. The highest BCUT2D eigenvalue weighted by Gasteiger charge is 2.30. The lowest BCUT2D eigenvalue weighted by Gasteiger charge is -2.28. The van der Waals surface area contributed by atoms with E-state index < -0.39 is 0 Å². The van der Waals surface area contributed by atoms with Crippen LogP contribution < -0.4 is 14.5 Å². The normalized spacial score (nSPS) is 13.4. The van der Waals surface area contributed by atoms with Gasteiger partial charge in [-0.3, -0.25) is 4.98 Å². The van der Waals surface area contributed by atoms with E-state index in [9.17, 15) is 0 Å². The summed E-state index contributed by atoms with van der Waals surface area (Å²) in [5.41, 5.74) is 13.0. The summed E-state index contributed by atoms with van der Waals surface area (Å²) in [6.45, 7) is 11.9. The van der Waals surface area contributed by atoms with Crippen molar-refractivity contribution in [3.63, 3.8) is 0 Å². The van der Waals surface area contributed by atoms with Crippen molar-refractivity contribution in [3.05, 3.63) is 174 Å². The number of nitrogens with zero attached hydrogens (tertiary/aromatic N) is 3. The van der Waals surface area contributed by atoms with E-state index in [0.717, 1.165) is 33.1 Å². The van der Waals surface area contributed by atoms with Crippen LogP contribution in [0.25, 0.3) is 64.5 Å². The first-order chi connectivity index (χ1) is 28.2. The zero-order valence-corrected chi connectivity index (χ0v) is 34.9. The van der Waals surface area contributed by atoms with Gasteiger partial charge in [-0.15, -0.1) is 11.3 Å². The van der Waals surface area contributed by atoms with Crippen molar-refractivity contribution in [2.45, 2.75) is 40.0 Å². The van der Waals surface area contributed by atoms with Crippen molar-refractivity contribution in [2.24, 2.45) is 0 Å². The molecule has 58 heavy (non-hydrogen) atoms. The van der Waals surface area contributed by atoms with E-state index in [2.05, 4.69) is 195 Å². The Bertz CT molecular complexity index is 2970. The zero-order valence-electron chi connectivity index (χ0n) is 33.3. The summed E-state index contributed by atoms with van der Waals surface area (Å²) in [6, 6.07) is 52.3. The van der Waals surface area contributed by atoms with Crippen LogP contribution in [0.5, 0.6) is 10.8 Å². The summed E-state index contributed by atoms with van der Waals surface area (Å²) in [5, 5.41) is 7.97. The van der Waals surface area contributed by atoms with Gasteiger partial charge in [-0.2, -0.15) is 0 Å². The fourth-order valence-corrected chi connectivity index (χ4v) is 10.3. The molecule has 6 heteroatoms. The maximum atomic E-state index is 6.83. The first kappa shape index (κ1) is 36.2. The average Bonchev–Trinajstić information content (AvgIpc) is 3.98. The van der Waals surface area contributed by atoms with Crippen LogP contribution >= 0.6 is 22.7 Å². The largest absolute Gasteiger partial charge is 0.447 e. The van der Waals surface area contributed by atoms with Gasteiger partial charge in [-0.1, -0.05) is 129 Å². The molecule has 0 radical (unpaired) electrons. The number of benzene rings is 6. The van der Waals surface area contributed by atoms with Crippen LogP contribution in [-0.4, -0.2) is 11.7 Å². The number of ether oxygens (including phenoxy) is 1. The van der Waals surface area contributed by atoms with Gasteiger partial charge in [-0.05, 0) is 83.1 Å². The molecule has 9 aromatic rings. The number of allylic oxidation sites excluding steroid dienone is 2. The number of pyridine rings is 1. The van der Waals surface area contributed by atoms with Crippen molar-refractivity contribution in [1.29, 1.82) is 0 Å². The van der Waals surface area contributed by atoms with Crippen LogP contribution in [0.3, 0.4) is 0 Å². The van der Waals surface area contributed by atoms with E-state index in [0.29, 0.717) is 6.67 Å². The smallest absolute Gasteiger partial charge is 0.182 e. The highest BCUT2D eigenvalue weighted by Crippen LogP contribution is 2.48. The maximum Gasteiger partial charge on any atom is 0.182 e. The third kappa shape index (κ3) is 6.33. The second-order valence-electron chi connectivity index (χ2n) is 16.1. The standard InChI is InChI=1S/C52H43N3OS2/c1-33-34(2)55(49-41(35-14-8-6-9-15-35)20-13-21-42(49)36-16-10-7-11-17-36)32-54(33)39-18-12-19-40(29-39)56-48-31-46-44(47-28-38(24-26-53-47)52(3,4)5)30-45-43(51(46)58-48)23-22-37-25-27-57-50(37)45/h6-31H,32H2,1-5H3. The number of thiophene rings is 2. The molecule has 0 amide bonds. The average molecular weight is 790 g/mol. The molecule has 4 heterocycles. The van der Waals surface area contributed by atoms with Crippen LogP contribution in [0.4, 0.5) is 11.4 Å². The van der Waals surface area contributed by atoms with Gasteiger partial charge in [0.15, 0.2) is 5.06 Å². The van der Waals surface area contributed by atoms with E-state index >= 15 is 0 Å². The first-order valence-corrected chi connectivity index (χ1v) is 21.5. The van der Waals surface area contributed by atoms with Crippen LogP contribution in [0.1, 0.15) is 40.2 Å². The second kappa shape index (κ2) is 14.3. The predicted octanol–water partition coefficient (Wildman–Crippen LogP) is 15.3. The van der Waals surface area contributed by atoms with Gasteiger partial charge in [0.05, 0.1) is 18.1 Å². The molecule has 0 aliphatic carbocycles. The van der Waals surface area contributed by atoms with Crippen LogP contribution in [0.2, 0.25) is 0 Å². The van der Waals surface area contributed by atoms with E-state index in [-0.39, 0.29) is 5.41 Å². The quantitative estimate of drug-likeness (QED) is 0.161. The molecule has 0 saturated carbocycles. The molecule has 0 fully saturated rings. The van der Waals surface area contributed by atoms with Gasteiger partial charge in [0, 0.05) is 77.7 Å². The molecule has 0 atom stereocenters. The number of rotatable bonds is 7. The zero-order chi connectivity index (χ0) is 39.5. The molecule has 0 bridgehead atoms. The van der Waals surface area contributed by atoms with Crippen molar-refractivity contribution >= 4 is 65.0 Å². The van der Waals surface area contributed by atoms with E-state index in [1.54, 1.807) is 22.7 Å². The third-order valence-corrected chi connectivity index (χ3v) is 13.5. The molecule has 10 rings (SSSR count). The van der Waals surface area contributed by atoms with E-state index in [1.165, 1.54) is 70.5 Å². The lowest BCUT2D eigenvalue weighted by molar-refractivity contribution is 0.497. The third-order valence-electron chi connectivity index (χ3n) is 11.5. The number of anilines is 2. The van der Waals surface area contributed by atoms with Gasteiger partial charge < -0.3 is 14.5 Å². The summed E-state index contributed by atoms with van der Waals surface area (Å²) in [7, 11) is 0. The molecule has 284 valence electrons. The number of fused-ring (bicyclic) bond motifs is 5. The van der Waals surface area contributed by atoms with Gasteiger partial charge in [0.2, 0.25) is 0 Å². The Balaban J connectivity index is 1.03. The first-order valence-electron chi connectivity index (χ1n) is 19.8. The SMILES string of the molecule is CC1=C(C)N(c2c(-c3ccccc3)cccc2-c2ccccc2)CN1c1cccc(Oc2cc3c(-c4cc(C(C)(C)C)ccn4)cc4c(ccc5ccsc54)c3s2)c1. The summed E-state index contributed by atoms with van der Waals surface area (Å²) in [5.74, 6) is 0.807. The van der Waals surface area contributed by atoms with Crippen LogP contribution in [0.15, 0.2) is 169 Å². The fourth-order valence-electron chi connectivity index (χ4n) is 8.32. The fraction of sp³-hybridized carbons (Fsp3) is 0.135. The van der Waals surface area contributed by atoms with Crippen LogP contribution in [-0.2, 0) is 5.41 Å². The van der Waals surface area contributed by atoms with E-state index in [4.69, 9.17) is 9.72 Å². The van der Waals surface area contributed by atoms with Gasteiger partial charge in [0.25, 0.3) is 0 Å². The predicted molar refractivity (Wildman–Crippen MR) is 249 cm³/mol. The minimum Gasteiger partial charge on any atom is -0.447 e. The molecule has 1 aliphatic rings. The topological polar surface area (TPSA) is 28.6 Å². The Hall–Kier alpha value is -6.21. The minimum atomic E-state index is 0.0104. The number of hydrogen-bond donors (Lipinski definition) is 0. The Morgan fingerprint density at radius 1 is 0.603 bits per heavy atom. The summed E-state index contributed by atoms with van der Waals surface area (Å²) in [6.07, 6.45) is 1.95. The summed E-state index contributed by atoms with van der Waals surface area (Å²) in [4.78, 5) is 9.81. The highest BCUT2D eigenvalue weighted by molar-refractivity contribution is 7.22. The van der Waals surface area contributed by atoms with Gasteiger partial charge in [0.1, 0.15) is 5.75 Å². The molecule has 3 aromatic heterocycles. The second-order valence-corrected chi connectivity index (χ2v) is 18.0. The summed E-state index contributed by atoms with van der Waals surface area (Å²) < 4.78 is 9.34. The number of hydrogen-bond acceptors (Lipinski definition) is 6. The van der Waals surface area contributed by atoms with Crippen LogP contribution in [0, 0.1) is 0 Å². The van der Waals surface area contributed by atoms with E-state index in [1.807, 2.05) is 6.20 Å². The Morgan fingerprint density at radius 3 is 2.03 bits per heavy atom. The Kier molecular flexibility index (Phi) is 8.92. The lowest BCUT2D eigenvalue weighted by Crippen LogP contribution is -2.27. The molecule has 0 unspecified atom stereocenters. The minimum absolute atomic E-state index is 0.0104. The Labute approximate surface area is 347 Å². The molecule has 1 aliphatic heterocycles. The molecular formula is C52H43N3OS2.